The SMILES string of the molecule is COCCOCCOCCOCCOCC[N+](CCOCCOCCOCCOCCOC)=c1ccc2c(C(C)(C)C)cc(/C=C/C=C3/N(CCCCCC(=O)O)c4ccc(S(=O)(=O)[O-])cc4C3(C)CCCS(=O)(=O)O)oc-2c1.[Na+]. The van der Waals surface area contributed by atoms with Crippen LogP contribution >= 0.6 is 0 Å². The smallest absolute Gasteiger partial charge is 0.744 e. The van der Waals surface area contributed by atoms with E-state index in [1.807, 2.05) is 42.2 Å². The van der Waals surface area contributed by atoms with Crippen LogP contribution in [0.5, 0.6) is 0 Å². The van der Waals surface area contributed by atoms with Crippen molar-refractivity contribution in [3.05, 3.63) is 82.6 Å². The second-order valence-corrected chi connectivity index (χ2v) is 22.9. The summed E-state index contributed by atoms with van der Waals surface area (Å²) in [6.45, 7) is 17.9. The Hall–Kier alpha value is -3.18. The van der Waals surface area contributed by atoms with Gasteiger partial charge in [0.15, 0.2) is 13.1 Å². The van der Waals surface area contributed by atoms with Gasteiger partial charge >= 0.3 is 35.5 Å². The van der Waals surface area contributed by atoms with Crippen LogP contribution in [0.2, 0.25) is 0 Å². The van der Waals surface area contributed by atoms with E-state index in [9.17, 15) is 35.8 Å². The van der Waals surface area contributed by atoms with Gasteiger partial charge in [-0.15, -0.1) is 0 Å². The third-order valence-corrected chi connectivity index (χ3v) is 14.5. The van der Waals surface area contributed by atoms with E-state index in [1.54, 1.807) is 20.3 Å². The van der Waals surface area contributed by atoms with Crippen LogP contribution in [0.3, 0.4) is 0 Å². The first kappa shape index (κ1) is 71.1. The maximum absolute atomic E-state index is 12.3. The van der Waals surface area contributed by atoms with E-state index in [1.165, 1.54) is 12.1 Å². The van der Waals surface area contributed by atoms with Crippen LogP contribution in [0.15, 0.2) is 69.6 Å². The molecule has 0 spiro atoms. The molecule has 0 fully saturated rings. The van der Waals surface area contributed by atoms with Crippen molar-refractivity contribution in [1.29, 1.82) is 0 Å². The topological polar surface area (TPSA) is 261 Å². The molecular weight excluding hydrogens is 1090 g/mol. The first-order valence-corrected chi connectivity index (χ1v) is 30.0. The molecule has 2 N–H and O–H groups in total. The van der Waals surface area contributed by atoms with Gasteiger partial charge in [0.25, 0.3) is 10.1 Å². The van der Waals surface area contributed by atoms with Crippen molar-refractivity contribution in [2.75, 3.05) is 163 Å². The summed E-state index contributed by atoms with van der Waals surface area (Å²) in [4.78, 5) is 12.9. The Labute approximate surface area is 496 Å². The summed E-state index contributed by atoms with van der Waals surface area (Å²) in [6, 6.07) is 12.3. The van der Waals surface area contributed by atoms with Gasteiger partial charge in [0.05, 0.1) is 122 Å². The number of carbonyl (C=O) groups is 1. The average Bonchev–Trinajstić information content (AvgIpc) is 3.61. The van der Waals surface area contributed by atoms with Crippen LogP contribution in [0.1, 0.15) is 83.1 Å². The number of unbranched alkanes of at least 4 members (excludes halogenated alkanes) is 2. The molecule has 80 heavy (non-hydrogen) atoms. The summed E-state index contributed by atoms with van der Waals surface area (Å²) in [5, 5.41) is 10.1. The maximum atomic E-state index is 12.3. The van der Waals surface area contributed by atoms with Crippen molar-refractivity contribution in [3.8, 4) is 11.3 Å². The number of rotatable bonds is 43. The number of methoxy groups -OCH3 is 2. The zero-order valence-corrected chi connectivity index (χ0v) is 51.8. The zero-order chi connectivity index (χ0) is 57.6. The quantitative estimate of drug-likeness (QED) is 0.0357. The fourth-order valence-electron chi connectivity index (χ4n) is 8.88. The normalized spacial score (nSPS) is 15.3. The molecule has 1 aromatic carbocycles. The monoisotopic (exact) mass is 1180 g/mol. The van der Waals surface area contributed by atoms with E-state index in [4.69, 9.17) is 51.8 Å². The number of benzene rings is 2. The van der Waals surface area contributed by atoms with E-state index in [-0.39, 0.29) is 54.2 Å². The zero-order valence-electron chi connectivity index (χ0n) is 48.1. The molecule has 1 aromatic rings. The molecule has 0 aromatic heterocycles. The fourth-order valence-corrected chi connectivity index (χ4v) is 9.88. The van der Waals surface area contributed by atoms with Gasteiger partial charge in [-0.1, -0.05) is 33.3 Å². The van der Waals surface area contributed by atoms with Gasteiger partial charge in [0, 0.05) is 55.6 Å². The van der Waals surface area contributed by atoms with Gasteiger partial charge < -0.3 is 66.3 Å². The van der Waals surface area contributed by atoms with Crippen molar-refractivity contribution in [2.24, 2.45) is 0 Å². The van der Waals surface area contributed by atoms with Crippen LogP contribution in [0, 0.1) is 0 Å². The molecule has 1 aliphatic carbocycles. The summed E-state index contributed by atoms with van der Waals surface area (Å²) in [5.41, 5.74) is 2.47. The summed E-state index contributed by atoms with van der Waals surface area (Å²) in [5.74, 6) is -0.252. The molecule has 24 heteroatoms. The summed E-state index contributed by atoms with van der Waals surface area (Å²) < 4.78 is 135. The van der Waals surface area contributed by atoms with E-state index in [0.29, 0.717) is 186 Å². The Balaban J connectivity index is 0.0000168. The summed E-state index contributed by atoms with van der Waals surface area (Å²) in [7, 11) is -5.94. The standard InChI is InChI=1S/C56H86N2O19S2.Na/c1-55(2,3)49-43-46(12-10-13-53-56(4,19-11-41-78(61,62)63)50-44-47(79(64,65)66)16-18-51(50)58(53)20-9-7-8-14-54(59)60)77-52-42-45(15-17-48(49)52)57(21-23-69-29-31-73-37-39-75-35-33-71-27-25-67-5)22-24-70-30-32-74-38-40-76-36-34-72-28-26-68-6;/h10,12-13,15-18,42-44H,7-9,11,14,19-41H2,1-6H3,(H2-,59,60,61,62,63,64,65,66);/q;+1. The molecule has 0 radical (unpaired) electrons. The third-order valence-electron chi connectivity index (χ3n) is 12.9. The van der Waals surface area contributed by atoms with Crippen LogP contribution in [-0.2, 0) is 83.2 Å². The Morgan fingerprint density at radius 3 is 1.69 bits per heavy atom. The van der Waals surface area contributed by atoms with Gasteiger partial charge in [-0.05, 0) is 91.6 Å². The van der Waals surface area contributed by atoms with Crippen molar-refractivity contribution in [1.82, 2.24) is 4.58 Å². The molecule has 4 rings (SSSR count). The van der Waals surface area contributed by atoms with Gasteiger partial charge in [-0.3, -0.25) is 9.35 Å². The Bertz CT molecular complexity index is 2570. The van der Waals surface area contributed by atoms with Crippen LogP contribution in [-0.4, -0.2) is 196 Å². The maximum Gasteiger partial charge on any atom is 1.00 e. The number of ether oxygens (including phenoxy) is 10. The number of hydrogen-bond donors (Lipinski definition) is 2. The third kappa shape index (κ3) is 26.2. The number of nitrogens with zero attached hydrogens (tertiary/aromatic N) is 2. The van der Waals surface area contributed by atoms with Gasteiger partial charge in [-0.2, -0.15) is 8.42 Å². The molecule has 2 heterocycles. The Kier molecular flexibility index (Phi) is 33.7. The van der Waals surface area contributed by atoms with E-state index in [0.717, 1.165) is 16.5 Å². The largest absolute Gasteiger partial charge is 1.00 e. The van der Waals surface area contributed by atoms with E-state index in [2.05, 4.69) is 37.5 Å². The molecule has 2 aliphatic heterocycles. The first-order chi connectivity index (χ1) is 37.8. The second-order valence-electron chi connectivity index (χ2n) is 20.0. The van der Waals surface area contributed by atoms with Crippen molar-refractivity contribution in [3.63, 3.8) is 0 Å². The molecule has 0 saturated carbocycles. The minimum Gasteiger partial charge on any atom is -0.744 e. The predicted molar refractivity (Wildman–Crippen MR) is 297 cm³/mol. The molecule has 0 bridgehead atoms. The summed E-state index contributed by atoms with van der Waals surface area (Å²) >= 11 is 0. The molecule has 0 saturated heterocycles. The number of hydrogen-bond acceptors (Lipinski definition) is 18. The molecule has 21 nitrogen and oxygen atoms in total. The molecule has 0 amide bonds. The minimum absolute atomic E-state index is 0. The van der Waals surface area contributed by atoms with Crippen LogP contribution in [0.25, 0.3) is 17.4 Å². The number of carboxylic acid groups (broad SMARTS) is 1. The molecule has 1 atom stereocenters. The van der Waals surface area contributed by atoms with E-state index >= 15 is 0 Å². The molecule has 3 aliphatic rings. The Morgan fingerprint density at radius 1 is 0.700 bits per heavy atom. The Morgan fingerprint density at radius 2 is 1.21 bits per heavy atom. The van der Waals surface area contributed by atoms with Crippen molar-refractivity contribution < 1.29 is 117 Å². The number of fused-ring (bicyclic) bond motifs is 2. The van der Waals surface area contributed by atoms with E-state index < -0.39 is 42.3 Å². The van der Waals surface area contributed by atoms with Gasteiger partial charge in [0.1, 0.15) is 34.9 Å². The minimum atomic E-state index is -4.86. The second kappa shape index (κ2) is 37.9. The average molecular weight is 1180 g/mol. The number of allylic oxidation sites excluding steroid dienone is 3. The van der Waals surface area contributed by atoms with Gasteiger partial charge in [-0.25, -0.2) is 13.0 Å². The van der Waals surface area contributed by atoms with Crippen LogP contribution < -0.4 is 44.4 Å². The first-order valence-electron chi connectivity index (χ1n) is 27.0. The van der Waals surface area contributed by atoms with Gasteiger partial charge in [0.2, 0.25) is 5.36 Å². The van der Waals surface area contributed by atoms with Crippen LogP contribution in [0.4, 0.5) is 5.69 Å². The molecular formula is C56H86N2NaO19S2+. The molecule has 1 unspecified atom stereocenters. The predicted octanol–water partition coefficient (Wildman–Crippen LogP) is 2.78. The number of aliphatic carboxylic acids is 1. The van der Waals surface area contributed by atoms with Crippen molar-refractivity contribution >= 4 is 38.0 Å². The molecule has 446 valence electrons. The van der Waals surface area contributed by atoms with Crippen molar-refractivity contribution in [2.45, 2.75) is 81.9 Å². The summed E-state index contributed by atoms with van der Waals surface area (Å²) in [6.07, 6.45) is 7.36. The fraction of sp³-hybridized carbons (Fsp3) is 0.643. The number of carboxylic acids is 1. The number of anilines is 1.